The second kappa shape index (κ2) is 5.99. The number of hydrogen-bond acceptors (Lipinski definition) is 4. The van der Waals surface area contributed by atoms with Gasteiger partial charge in [0.05, 0.1) is 12.6 Å². The van der Waals surface area contributed by atoms with Gasteiger partial charge in [-0.15, -0.1) is 0 Å². The fraction of sp³-hybridized carbons (Fsp3) is 0.538. The molecule has 0 spiro atoms. The maximum atomic E-state index is 11.7. The van der Waals surface area contributed by atoms with E-state index in [2.05, 4.69) is 10.3 Å². The molecule has 104 valence electrons. The van der Waals surface area contributed by atoms with Crippen LogP contribution in [0.4, 0.5) is 0 Å². The lowest BCUT2D eigenvalue weighted by Gasteiger charge is -2.16. The Morgan fingerprint density at radius 3 is 3.00 bits per heavy atom. The van der Waals surface area contributed by atoms with Crippen LogP contribution in [0.2, 0.25) is 0 Å². The van der Waals surface area contributed by atoms with Gasteiger partial charge >= 0.3 is 0 Å². The molecule has 1 aliphatic heterocycles. The van der Waals surface area contributed by atoms with Crippen molar-refractivity contribution in [1.82, 2.24) is 15.2 Å². The molecule has 1 aromatic rings. The monoisotopic (exact) mass is 265 g/mol. The normalized spacial score (nSPS) is 21.3. The van der Waals surface area contributed by atoms with Crippen molar-refractivity contribution in [1.29, 1.82) is 0 Å². The number of carbonyl (C=O) groups excluding carboxylic acids is 2. The fourth-order valence-corrected chi connectivity index (χ4v) is 2.31. The first-order chi connectivity index (χ1) is 9.06. The largest absolute Gasteiger partial charge is 0.393 e. The number of nitrogens with zero attached hydrogens (tertiary/aromatic N) is 1. The van der Waals surface area contributed by atoms with Crippen molar-refractivity contribution in [3.8, 4) is 0 Å². The molecule has 1 aromatic heterocycles. The Balaban J connectivity index is 1.78. The third kappa shape index (κ3) is 3.65. The van der Waals surface area contributed by atoms with Crippen LogP contribution < -0.4 is 5.32 Å². The maximum Gasteiger partial charge on any atom is 0.274 e. The van der Waals surface area contributed by atoms with Crippen molar-refractivity contribution in [2.24, 2.45) is 5.92 Å². The summed E-state index contributed by atoms with van der Waals surface area (Å²) in [4.78, 5) is 28.1. The van der Waals surface area contributed by atoms with E-state index in [0.29, 0.717) is 12.2 Å². The molecule has 1 saturated heterocycles. The number of amides is 2. The summed E-state index contributed by atoms with van der Waals surface area (Å²) in [6, 6.07) is 3.31. The van der Waals surface area contributed by atoms with Crippen LogP contribution in [0, 0.1) is 5.92 Å². The van der Waals surface area contributed by atoms with Gasteiger partial charge in [0.25, 0.3) is 5.91 Å². The molecular formula is C13H19N3O3. The van der Waals surface area contributed by atoms with Gasteiger partial charge in [0.2, 0.25) is 5.91 Å². The van der Waals surface area contributed by atoms with Crippen molar-refractivity contribution in [3.05, 3.63) is 24.0 Å². The van der Waals surface area contributed by atoms with E-state index in [1.807, 2.05) is 4.90 Å². The lowest BCUT2D eigenvalue weighted by molar-refractivity contribution is -0.121. The van der Waals surface area contributed by atoms with Crippen LogP contribution in [0.15, 0.2) is 18.3 Å². The number of carbonyl (C=O) groups is 2. The first kappa shape index (κ1) is 13.8. The number of H-pyrrole nitrogens is 1. The van der Waals surface area contributed by atoms with Gasteiger partial charge in [-0.25, -0.2) is 0 Å². The van der Waals surface area contributed by atoms with Crippen LogP contribution in [-0.4, -0.2) is 52.5 Å². The predicted octanol–water partition coefficient (Wildman–Crippen LogP) is -0.0262. The predicted molar refractivity (Wildman–Crippen MR) is 69.5 cm³/mol. The topological polar surface area (TPSA) is 85.4 Å². The van der Waals surface area contributed by atoms with Gasteiger partial charge in [0, 0.05) is 12.7 Å². The SMILES string of the molecule is CC(O)C1CCN(CC(=O)NC(=O)c2ccc[nH]2)C1. The lowest BCUT2D eigenvalue weighted by Crippen LogP contribution is -2.39. The Morgan fingerprint density at radius 1 is 1.63 bits per heavy atom. The van der Waals surface area contributed by atoms with Gasteiger partial charge in [-0.2, -0.15) is 0 Å². The summed E-state index contributed by atoms with van der Waals surface area (Å²) in [6.07, 6.45) is 2.16. The molecular weight excluding hydrogens is 246 g/mol. The van der Waals surface area contributed by atoms with Crippen LogP contribution >= 0.6 is 0 Å². The second-order valence-electron chi connectivity index (χ2n) is 4.99. The zero-order valence-corrected chi connectivity index (χ0v) is 10.9. The number of aliphatic hydroxyl groups excluding tert-OH is 1. The van der Waals surface area contributed by atoms with Crippen LogP contribution in [0.3, 0.4) is 0 Å². The summed E-state index contributed by atoms with van der Waals surface area (Å²) in [5.74, 6) is -0.515. The van der Waals surface area contributed by atoms with Gasteiger partial charge in [0.1, 0.15) is 5.69 Å². The summed E-state index contributed by atoms with van der Waals surface area (Å²) in [5, 5.41) is 11.8. The molecule has 3 N–H and O–H groups in total. The summed E-state index contributed by atoms with van der Waals surface area (Å²) in [6.45, 7) is 3.43. The van der Waals surface area contributed by atoms with Crippen LogP contribution in [-0.2, 0) is 4.79 Å². The average Bonchev–Trinajstić information content (AvgIpc) is 2.98. The number of aliphatic hydroxyl groups is 1. The minimum Gasteiger partial charge on any atom is -0.393 e. The third-order valence-corrected chi connectivity index (χ3v) is 3.45. The molecule has 0 radical (unpaired) electrons. The molecule has 2 unspecified atom stereocenters. The number of likely N-dealkylation sites (tertiary alicyclic amines) is 1. The molecule has 6 nitrogen and oxygen atoms in total. The number of imide groups is 1. The molecule has 0 bridgehead atoms. The third-order valence-electron chi connectivity index (χ3n) is 3.45. The summed E-state index contributed by atoms with van der Waals surface area (Å²) < 4.78 is 0. The Labute approximate surface area is 111 Å². The first-order valence-corrected chi connectivity index (χ1v) is 6.44. The second-order valence-corrected chi connectivity index (χ2v) is 4.99. The highest BCUT2D eigenvalue weighted by molar-refractivity contribution is 6.04. The number of aromatic amines is 1. The van der Waals surface area contributed by atoms with E-state index in [0.717, 1.165) is 13.0 Å². The number of hydrogen-bond donors (Lipinski definition) is 3. The smallest absolute Gasteiger partial charge is 0.274 e. The zero-order valence-electron chi connectivity index (χ0n) is 10.9. The summed E-state index contributed by atoms with van der Waals surface area (Å²) >= 11 is 0. The molecule has 1 aliphatic rings. The highest BCUT2D eigenvalue weighted by Gasteiger charge is 2.27. The quantitative estimate of drug-likeness (QED) is 0.714. The molecule has 2 rings (SSSR count). The Hall–Kier alpha value is -1.66. The van der Waals surface area contributed by atoms with Gasteiger partial charge in [-0.1, -0.05) is 0 Å². The summed E-state index contributed by atoms with van der Waals surface area (Å²) in [5.41, 5.74) is 0.372. The zero-order chi connectivity index (χ0) is 13.8. The van der Waals surface area contributed by atoms with E-state index in [4.69, 9.17) is 0 Å². The van der Waals surface area contributed by atoms with E-state index in [1.54, 1.807) is 25.3 Å². The maximum absolute atomic E-state index is 11.7. The number of nitrogens with one attached hydrogen (secondary N) is 2. The van der Waals surface area contributed by atoms with Gasteiger partial charge in [-0.05, 0) is 37.9 Å². The van der Waals surface area contributed by atoms with Gasteiger partial charge < -0.3 is 10.1 Å². The van der Waals surface area contributed by atoms with Crippen molar-refractivity contribution in [3.63, 3.8) is 0 Å². The number of rotatable bonds is 4. The van der Waals surface area contributed by atoms with Crippen LogP contribution in [0.25, 0.3) is 0 Å². The molecule has 19 heavy (non-hydrogen) atoms. The fourth-order valence-electron chi connectivity index (χ4n) is 2.31. The van der Waals surface area contributed by atoms with Crippen molar-refractivity contribution in [2.45, 2.75) is 19.4 Å². The molecule has 0 saturated carbocycles. The van der Waals surface area contributed by atoms with Gasteiger partial charge in [0.15, 0.2) is 0 Å². The standard InChI is InChI=1S/C13H19N3O3/c1-9(17)10-4-6-16(7-10)8-12(18)15-13(19)11-3-2-5-14-11/h2-3,5,9-10,14,17H,4,6-8H2,1H3,(H,15,18,19). The molecule has 1 fully saturated rings. The summed E-state index contributed by atoms with van der Waals surface area (Å²) in [7, 11) is 0. The van der Waals surface area contributed by atoms with E-state index in [-0.39, 0.29) is 24.5 Å². The van der Waals surface area contributed by atoms with E-state index in [1.165, 1.54) is 0 Å². The van der Waals surface area contributed by atoms with E-state index in [9.17, 15) is 14.7 Å². The van der Waals surface area contributed by atoms with E-state index < -0.39 is 5.91 Å². The molecule has 0 aliphatic carbocycles. The Bertz CT molecular complexity index is 442. The van der Waals surface area contributed by atoms with Crippen LogP contribution in [0.5, 0.6) is 0 Å². The highest BCUT2D eigenvalue weighted by Crippen LogP contribution is 2.18. The molecule has 2 heterocycles. The first-order valence-electron chi connectivity index (χ1n) is 6.44. The van der Waals surface area contributed by atoms with Gasteiger partial charge in [-0.3, -0.25) is 19.8 Å². The van der Waals surface area contributed by atoms with Crippen molar-refractivity contribution >= 4 is 11.8 Å². The van der Waals surface area contributed by atoms with E-state index >= 15 is 0 Å². The Kier molecular flexibility index (Phi) is 4.34. The van der Waals surface area contributed by atoms with Crippen molar-refractivity contribution < 1.29 is 14.7 Å². The Morgan fingerprint density at radius 2 is 2.42 bits per heavy atom. The minimum atomic E-state index is -0.415. The molecule has 0 aromatic carbocycles. The molecule has 2 amide bonds. The lowest BCUT2D eigenvalue weighted by atomic mass is 10.0. The van der Waals surface area contributed by atoms with Crippen molar-refractivity contribution in [2.75, 3.05) is 19.6 Å². The highest BCUT2D eigenvalue weighted by atomic mass is 16.3. The average molecular weight is 265 g/mol. The molecule has 2 atom stereocenters. The van der Waals surface area contributed by atoms with Crippen LogP contribution in [0.1, 0.15) is 23.8 Å². The minimum absolute atomic E-state index is 0.190. The molecule has 6 heteroatoms. The number of aromatic nitrogens is 1.